The van der Waals surface area contributed by atoms with Crippen LogP contribution in [0.5, 0.6) is 0 Å². The van der Waals surface area contributed by atoms with E-state index in [1.807, 2.05) is 37.3 Å². The Bertz CT molecular complexity index is 931. The number of rotatable bonds is 5. The molecule has 148 valence electrons. The van der Waals surface area contributed by atoms with Crippen LogP contribution in [0.15, 0.2) is 64.2 Å². The average Bonchev–Trinajstić information content (AvgIpc) is 3.17. The number of guanidine groups is 1. The number of hydrogen-bond acceptors (Lipinski definition) is 3. The van der Waals surface area contributed by atoms with Crippen LogP contribution in [-0.4, -0.2) is 18.0 Å². The summed E-state index contributed by atoms with van der Waals surface area (Å²) < 4.78 is 32.0. The van der Waals surface area contributed by atoms with E-state index in [0.717, 1.165) is 17.3 Å². The molecule has 2 aromatic carbocycles. The molecule has 0 spiro atoms. The number of aliphatic imine (C=N–C) groups is 1. The van der Waals surface area contributed by atoms with Crippen LogP contribution < -0.4 is 10.6 Å². The molecule has 1 unspecified atom stereocenters. The maximum absolute atomic E-state index is 13.4. The third-order valence-corrected chi connectivity index (χ3v) is 4.03. The Hall–Kier alpha value is -2.49. The molecule has 0 fully saturated rings. The van der Waals surface area contributed by atoms with Crippen LogP contribution >= 0.6 is 24.0 Å². The predicted octanol–water partition coefficient (Wildman–Crippen LogP) is 4.66. The van der Waals surface area contributed by atoms with Crippen molar-refractivity contribution in [2.75, 3.05) is 7.05 Å². The summed E-state index contributed by atoms with van der Waals surface area (Å²) in [6.07, 6.45) is 1.58. The minimum atomic E-state index is -0.875. The van der Waals surface area contributed by atoms with E-state index >= 15 is 0 Å². The SMILES string of the molecule is CN=C(NCc1coc(-c2ccccc2)n1)NC(C)c1ccc(F)c(F)c1.I. The Balaban J connectivity index is 0.00000280. The van der Waals surface area contributed by atoms with E-state index in [1.54, 1.807) is 13.3 Å². The van der Waals surface area contributed by atoms with Crippen molar-refractivity contribution in [3.8, 4) is 11.5 Å². The molecule has 0 saturated carbocycles. The second kappa shape index (κ2) is 10.2. The zero-order valence-electron chi connectivity index (χ0n) is 15.4. The maximum Gasteiger partial charge on any atom is 0.226 e. The molecule has 8 heteroatoms. The number of aromatic nitrogens is 1. The monoisotopic (exact) mass is 498 g/mol. The minimum absolute atomic E-state index is 0. The van der Waals surface area contributed by atoms with Gasteiger partial charge in [-0.2, -0.15) is 0 Å². The highest BCUT2D eigenvalue weighted by Gasteiger charge is 2.12. The fourth-order valence-corrected chi connectivity index (χ4v) is 2.54. The first-order valence-corrected chi connectivity index (χ1v) is 8.49. The van der Waals surface area contributed by atoms with Crippen LogP contribution in [0.25, 0.3) is 11.5 Å². The van der Waals surface area contributed by atoms with Gasteiger partial charge >= 0.3 is 0 Å². The first-order valence-electron chi connectivity index (χ1n) is 8.49. The van der Waals surface area contributed by atoms with Gasteiger partial charge in [0, 0.05) is 12.6 Å². The number of nitrogens with one attached hydrogen (secondary N) is 2. The average molecular weight is 498 g/mol. The van der Waals surface area contributed by atoms with Crippen molar-refractivity contribution < 1.29 is 13.2 Å². The van der Waals surface area contributed by atoms with Crippen LogP contribution in [0.2, 0.25) is 0 Å². The van der Waals surface area contributed by atoms with Gasteiger partial charge in [-0.15, -0.1) is 24.0 Å². The normalized spacial score (nSPS) is 12.2. The quantitative estimate of drug-likeness (QED) is 0.305. The van der Waals surface area contributed by atoms with Gasteiger partial charge in [-0.1, -0.05) is 24.3 Å². The summed E-state index contributed by atoms with van der Waals surface area (Å²) in [5.41, 5.74) is 2.24. The van der Waals surface area contributed by atoms with Gasteiger partial charge in [0.05, 0.1) is 18.3 Å². The molecular weight excluding hydrogens is 477 g/mol. The summed E-state index contributed by atoms with van der Waals surface area (Å²) in [7, 11) is 1.63. The fraction of sp³-hybridized carbons (Fsp3) is 0.200. The third-order valence-electron chi connectivity index (χ3n) is 4.03. The zero-order valence-corrected chi connectivity index (χ0v) is 17.8. The molecule has 0 aliphatic rings. The van der Waals surface area contributed by atoms with Crippen molar-refractivity contribution in [2.45, 2.75) is 19.5 Å². The van der Waals surface area contributed by atoms with E-state index in [-0.39, 0.29) is 30.0 Å². The van der Waals surface area contributed by atoms with Crippen molar-refractivity contribution in [3.05, 3.63) is 77.7 Å². The van der Waals surface area contributed by atoms with E-state index in [1.165, 1.54) is 12.1 Å². The Morgan fingerprint density at radius 1 is 1.14 bits per heavy atom. The number of hydrogen-bond donors (Lipinski definition) is 2. The molecule has 3 rings (SSSR count). The highest BCUT2D eigenvalue weighted by molar-refractivity contribution is 14.0. The number of halogens is 3. The molecule has 0 amide bonds. The Morgan fingerprint density at radius 3 is 2.57 bits per heavy atom. The van der Waals surface area contributed by atoms with Crippen LogP contribution in [0.4, 0.5) is 8.78 Å². The van der Waals surface area contributed by atoms with Crippen LogP contribution in [0, 0.1) is 11.6 Å². The molecule has 0 bridgehead atoms. The minimum Gasteiger partial charge on any atom is -0.444 e. The van der Waals surface area contributed by atoms with Gasteiger partial charge in [0.2, 0.25) is 5.89 Å². The molecule has 0 saturated heterocycles. The zero-order chi connectivity index (χ0) is 19.2. The van der Waals surface area contributed by atoms with Crippen molar-refractivity contribution in [1.82, 2.24) is 15.6 Å². The highest BCUT2D eigenvalue weighted by Crippen LogP contribution is 2.18. The first kappa shape index (κ1) is 21.8. The second-order valence-electron chi connectivity index (χ2n) is 5.98. The summed E-state index contributed by atoms with van der Waals surface area (Å²) in [5.74, 6) is -0.684. The van der Waals surface area contributed by atoms with E-state index in [9.17, 15) is 8.78 Å². The summed E-state index contributed by atoms with van der Waals surface area (Å²) in [4.78, 5) is 8.58. The van der Waals surface area contributed by atoms with Crippen LogP contribution in [0.1, 0.15) is 24.2 Å². The van der Waals surface area contributed by atoms with E-state index in [4.69, 9.17) is 4.42 Å². The van der Waals surface area contributed by atoms with Crippen molar-refractivity contribution in [3.63, 3.8) is 0 Å². The van der Waals surface area contributed by atoms with Crippen molar-refractivity contribution >= 4 is 29.9 Å². The van der Waals surface area contributed by atoms with E-state index in [2.05, 4.69) is 20.6 Å². The van der Waals surface area contributed by atoms with Gasteiger partial charge in [-0.05, 0) is 36.8 Å². The standard InChI is InChI=1S/C20H20F2N4O.HI/c1-13(15-8-9-17(21)18(22)10-15)25-20(23-2)24-11-16-12-27-19(26-16)14-6-4-3-5-7-14;/h3-10,12-13H,11H2,1-2H3,(H2,23,24,25);1H. The number of nitrogens with zero attached hydrogens (tertiary/aromatic N) is 2. The summed E-state index contributed by atoms with van der Waals surface area (Å²) >= 11 is 0. The van der Waals surface area contributed by atoms with E-state index in [0.29, 0.717) is 24.0 Å². The van der Waals surface area contributed by atoms with Gasteiger partial charge in [-0.25, -0.2) is 13.8 Å². The Labute approximate surface area is 179 Å². The number of oxazole rings is 1. The Morgan fingerprint density at radius 2 is 1.89 bits per heavy atom. The molecule has 1 heterocycles. The van der Waals surface area contributed by atoms with Crippen molar-refractivity contribution in [1.29, 1.82) is 0 Å². The maximum atomic E-state index is 13.4. The topological polar surface area (TPSA) is 62.5 Å². The predicted molar refractivity (Wildman–Crippen MR) is 115 cm³/mol. The molecule has 28 heavy (non-hydrogen) atoms. The molecule has 3 aromatic rings. The highest BCUT2D eigenvalue weighted by atomic mass is 127. The fourth-order valence-electron chi connectivity index (χ4n) is 2.54. The van der Waals surface area contributed by atoms with Gasteiger partial charge in [0.15, 0.2) is 17.6 Å². The lowest BCUT2D eigenvalue weighted by Crippen LogP contribution is -2.38. The van der Waals surface area contributed by atoms with Gasteiger partial charge in [0.1, 0.15) is 6.26 Å². The Kier molecular flexibility index (Phi) is 7.91. The smallest absolute Gasteiger partial charge is 0.226 e. The summed E-state index contributed by atoms with van der Waals surface area (Å²) in [5, 5.41) is 6.26. The lowest BCUT2D eigenvalue weighted by atomic mass is 10.1. The van der Waals surface area contributed by atoms with Gasteiger partial charge in [-0.3, -0.25) is 4.99 Å². The second-order valence-corrected chi connectivity index (χ2v) is 5.98. The molecule has 0 aliphatic heterocycles. The summed E-state index contributed by atoms with van der Waals surface area (Å²) in [6.45, 7) is 2.24. The number of benzene rings is 2. The van der Waals surface area contributed by atoms with Crippen molar-refractivity contribution in [2.24, 2.45) is 4.99 Å². The lowest BCUT2D eigenvalue weighted by Gasteiger charge is -2.18. The van der Waals surface area contributed by atoms with Gasteiger partial charge in [0.25, 0.3) is 0 Å². The van der Waals surface area contributed by atoms with E-state index < -0.39 is 11.6 Å². The molecule has 1 atom stereocenters. The van der Waals surface area contributed by atoms with Crippen LogP contribution in [-0.2, 0) is 6.54 Å². The molecule has 5 nitrogen and oxygen atoms in total. The molecule has 0 radical (unpaired) electrons. The first-order chi connectivity index (χ1) is 13.1. The lowest BCUT2D eigenvalue weighted by molar-refractivity contribution is 0.504. The summed E-state index contributed by atoms with van der Waals surface area (Å²) in [6, 6.07) is 13.2. The van der Waals surface area contributed by atoms with Gasteiger partial charge < -0.3 is 15.1 Å². The molecular formula is C20H21F2IN4O. The van der Waals surface area contributed by atoms with Crippen LogP contribution in [0.3, 0.4) is 0 Å². The third kappa shape index (κ3) is 5.51. The molecule has 0 aliphatic carbocycles. The largest absolute Gasteiger partial charge is 0.444 e. The molecule has 1 aromatic heterocycles. The molecule has 2 N–H and O–H groups in total.